The van der Waals surface area contributed by atoms with E-state index in [1.165, 1.54) is 24.3 Å². The number of benzene rings is 2. The molecule has 13 heteroatoms. The Labute approximate surface area is 223 Å². The van der Waals surface area contributed by atoms with Gasteiger partial charge in [-0.05, 0) is 96.9 Å². The second-order valence-electron chi connectivity index (χ2n) is 7.33. The summed E-state index contributed by atoms with van der Waals surface area (Å²) in [6.07, 6.45) is 0. The number of carbonyl (C=O) groups excluding carboxylic acids is 1. The van der Waals surface area contributed by atoms with Crippen molar-refractivity contribution in [3.63, 3.8) is 0 Å². The van der Waals surface area contributed by atoms with E-state index in [9.17, 15) is 13.2 Å². The van der Waals surface area contributed by atoms with Crippen molar-refractivity contribution in [1.82, 2.24) is 15.3 Å². The predicted molar refractivity (Wildman–Crippen MR) is 145 cm³/mol. The topological polar surface area (TPSA) is 122 Å². The van der Waals surface area contributed by atoms with Crippen LogP contribution in [0.25, 0.3) is 0 Å². The minimum atomic E-state index is -3.88. The molecule has 3 rings (SSSR count). The summed E-state index contributed by atoms with van der Waals surface area (Å²) >= 11 is 8.54. The van der Waals surface area contributed by atoms with Crippen molar-refractivity contribution < 1.29 is 17.9 Å². The number of nitrogens with zero attached hydrogens (tertiary/aromatic N) is 2. The molecule has 0 saturated heterocycles. The maximum Gasteiger partial charge on any atom is 0.264 e. The van der Waals surface area contributed by atoms with Crippen molar-refractivity contribution in [2.75, 3.05) is 16.6 Å². The van der Waals surface area contributed by atoms with Gasteiger partial charge in [-0.3, -0.25) is 10.1 Å². The zero-order valence-electron chi connectivity index (χ0n) is 19.0. The molecule has 0 saturated carbocycles. The lowest BCUT2D eigenvalue weighted by Gasteiger charge is -2.12. The molecule has 9 nitrogen and oxygen atoms in total. The van der Waals surface area contributed by atoms with Gasteiger partial charge in [0, 0.05) is 17.1 Å². The molecule has 0 spiro atoms. The third-order valence-electron chi connectivity index (χ3n) is 4.33. The van der Waals surface area contributed by atoms with Gasteiger partial charge in [-0.25, -0.2) is 23.1 Å². The number of nitrogens with one attached hydrogen (secondary N) is 3. The molecular formula is C22H23BrClN5O4S2. The van der Waals surface area contributed by atoms with Crippen LogP contribution in [-0.2, 0) is 14.8 Å². The fourth-order valence-corrected chi connectivity index (χ4v) is 4.64. The van der Waals surface area contributed by atoms with Crippen LogP contribution in [0.3, 0.4) is 0 Å². The average molecular weight is 601 g/mol. The molecule has 2 aromatic carbocycles. The second kappa shape index (κ2) is 12.2. The molecule has 0 aliphatic rings. The van der Waals surface area contributed by atoms with Crippen molar-refractivity contribution in [3.05, 3.63) is 70.0 Å². The summed E-state index contributed by atoms with van der Waals surface area (Å²) in [5.41, 5.74) is 2.85. The van der Waals surface area contributed by atoms with E-state index in [0.717, 1.165) is 10.0 Å². The Bertz CT molecular complexity index is 1320. The Kier molecular flexibility index (Phi) is 9.95. The first-order valence-corrected chi connectivity index (χ1v) is 12.7. The van der Waals surface area contributed by atoms with Gasteiger partial charge in [0.25, 0.3) is 15.9 Å². The SMILES string of the molecule is Cc1ccc(OCC(=O)NC(=S)Nc2ccc(S(=O)(=O)Nc3nc(C)cc(C)n3)cc2)c(Br)c1.Cl. The summed E-state index contributed by atoms with van der Waals surface area (Å²) in [4.78, 5) is 20.3. The van der Waals surface area contributed by atoms with E-state index in [-0.39, 0.29) is 35.0 Å². The number of hydrogen-bond donors (Lipinski definition) is 3. The molecule has 1 aromatic heterocycles. The fourth-order valence-electron chi connectivity index (χ4n) is 2.86. The smallest absolute Gasteiger partial charge is 0.264 e. The van der Waals surface area contributed by atoms with E-state index in [2.05, 4.69) is 41.3 Å². The standard InChI is InChI=1S/C22H22BrN5O4S2.ClH/c1-13-4-9-19(18(23)10-13)32-12-20(29)27-22(33)26-16-5-7-17(8-6-16)34(30,31)28-21-24-14(2)11-15(3)25-21;/h4-11H,12H2,1-3H3,(H,24,25,28)(H2,26,27,29,33);1H. The molecule has 0 bridgehead atoms. The molecule has 0 atom stereocenters. The Morgan fingerprint density at radius 2 is 1.66 bits per heavy atom. The van der Waals surface area contributed by atoms with Crippen LogP contribution in [-0.4, -0.2) is 36.0 Å². The molecule has 3 N–H and O–H groups in total. The maximum absolute atomic E-state index is 12.6. The van der Waals surface area contributed by atoms with Crippen LogP contribution in [0.4, 0.5) is 11.6 Å². The minimum Gasteiger partial charge on any atom is -0.483 e. The number of rotatable bonds is 7. The van der Waals surface area contributed by atoms with Gasteiger partial charge in [-0.1, -0.05) is 6.07 Å². The summed E-state index contributed by atoms with van der Waals surface area (Å²) in [5.74, 6) is 0.0987. The van der Waals surface area contributed by atoms with E-state index in [1.807, 2.05) is 19.1 Å². The van der Waals surface area contributed by atoms with Crippen LogP contribution in [0.1, 0.15) is 17.0 Å². The van der Waals surface area contributed by atoms with Gasteiger partial charge in [0.05, 0.1) is 9.37 Å². The number of anilines is 2. The highest BCUT2D eigenvalue weighted by Gasteiger charge is 2.16. The van der Waals surface area contributed by atoms with Gasteiger partial charge in [0.15, 0.2) is 11.7 Å². The lowest BCUT2D eigenvalue weighted by atomic mass is 10.2. The highest BCUT2D eigenvalue weighted by molar-refractivity contribution is 9.10. The van der Waals surface area contributed by atoms with E-state index in [4.69, 9.17) is 17.0 Å². The lowest BCUT2D eigenvalue weighted by Crippen LogP contribution is -2.37. The summed E-state index contributed by atoms with van der Waals surface area (Å²) < 4.78 is 33.8. The number of thiocarbonyl (C=S) groups is 1. The summed E-state index contributed by atoms with van der Waals surface area (Å²) in [6, 6.07) is 13.1. The predicted octanol–water partition coefficient (Wildman–Crippen LogP) is 4.28. The van der Waals surface area contributed by atoms with Crippen molar-refractivity contribution in [1.29, 1.82) is 0 Å². The monoisotopic (exact) mass is 599 g/mol. The molecule has 1 amide bonds. The average Bonchev–Trinajstić information content (AvgIpc) is 2.72. The van der Waals surface area contributed by atoms with E-state index >= 15 is 0 Å². The van der Waals surface area contributed by atoms with Gasteiger partial charge in [-0.15, -0.1) is 12.4 Å². The lowest BCUT2D eigenvalue weighted by molar-refractivity contribution is -0.121. The molecule has 0 unspecified atom stereocenters. The third-order valence-corrected chi connectivity index (χ3v) is 6.50. The number of aromatic nitrogens is 2. The molecule has 186 valence electrons. The Hall–Kier alpha value is -2.80. The minimum absolute atomic E-state index is 0. The molecular weight excluding hydrogens is 578 g/mol. The number of carbonyl (C=O) groups is 1. The highest BCUT2D eigenvalue weighted by atomic mass is 79.9. The number of amides is 1. The van der Waals surface area contributed by atoms with Crippen LogP contribution in [0.15, 0.2) is 57.9 Å². The molecule has 0 aliphatic carbocycles. The van der Waals surface area contributed by atoms with Crippen molar-refractivity contribution in [2.45, 2.75) is 25.7 Å². The Balaban J connectivity index is 0.00000432. The number of sulfonamides is 1. The fraction of sp³-hybridized carbons (Fsp3) is 0.182. The quantitative estimate of drug-likeness (QED) is 0.344. The van der Waals surface area contributed by atoms with Gasteiger partial charge < -0.3 is 10.1 Å². The number of ether oxygens (including phenoxy) is 1. The summed E-state index contributed by atoms with van der Waals surface area (Å²) in [5, 5.41) is 5.39. The first-order valence-electron chi connectivity index (χ1n) is 9.97. The number of hydrogen-bond acceptors (Lipinski definition) is 7. The molecule has 0 aliphatic heterocycles. The van der Waals surface area contributed by atoms with Gasteiger partial charge in [0.2, 0.25) is 5.95 Å². The number of halogens is 2. The summed E-state index contributed by atoms with van der Waals surface area (Å²) in [6.45, 7) is 5.22. The van der Waals surface area contributed by atoms with Crippen LogP contribution in [0.5, 0.6) is 5.75 Å². The third kappa shape index (κ3) is 8.42. The largest absolute Gasteiger partial charge is 0.483 e. The highest BCUT2D eigenvalue weighted by Crippen LogP contribution is 2.25. The first-order chi connectivity index (χ1) is 16.0. The Morgan fingerprint density at radius 3 is 2.26 bits per heavy atom. The van der Waals surface area contributed by atoms with Crippen LogP contribution < -0.4 is 20.1 Å². The van der Waals surface area contributed by atoms with Crippen LogP contribution >= 0.6 is 40.6 Å². The van der Waals surface area contributed by atoms with E-state index in [1.54, 1.807) is 26.0 Å². The molecule has 0 fully saturated rings. The second-order valence-corrected chi connectivity index (χ2v) is 10.3. The molecule has 1 heterocycles. The summed E-state index contributed by atoms with van der Waals surface area (Å²) in [7, 11) is -3.88. The Morgan fingerprint density at radius 1 is 1.03 bits per heavy atom. The molecule has 0 radical (unpaired) electrons. The van der Waals surface area contributed by atoms with Gasteiger partial charge >= 0.3 is 0 Å². The van der Waals surface area contributed by atoms with Gasteiger partial charge in [-0.2, -0.15) is 0 Å². The zero-order chi connectivity index (χ0) is 24.9. The zero-order valence-corrected chi connectivity index (χ0v) is 23.0. The van der Waals surface area contributed by atoms with Crippen LogP contribution in [0, 0.1) is 20.8 Å². The maximum atomic E-state index is 12.6. The first kappa shape index (κ1) is 28.4. The van der Waals surface area contributed by atoms with E-state index in [0.29, 0.717) is 22.8 Å². The molecule has 3 aromatic rings. The molecule has 35 heavy (non-hydrogen) atoms. The number of aryl methyl sites for hydroxylation is 3. The van der Waals surface area contributed by atoms with Gasteiger partial charge in [0.1, 0.15) is 5.75 Å². The van der Waals surface area contributed by atoms with E-state index < -0.39 is 15.9 Å². The van der Waals surface area contributed by atoms with Crippen molar-refractivity contribution in [3.8, 4) is 5.75 Å². The van der Waals surface area contributed by atoms with Crippen LogP contribution in [0.2, 0.25) is 0 Å². The normalized spacial score (nSPS) is 10.6. The van der Waals surface area contributed by atoms with Crippen molar-refractivity contribution >= 4 is 73.2 Å². The van der Waals surface area contributed by atoms with Crippen molar-refractivity contribution in [2.24, 2.45) is 0 Å².